The van der Waals surface area contributed by atoms with Crippen LogP contribution < -0.4 is 0 Å². The van der Waals surface area contributed by atoms with Crippen molar-refractivity contribution in [3.63, 3.8) is 0 Å². The average Bonchev–Trinajstić information content (AvgIpc) is 3.03. The number of carbonyl (C=O) groups is 2. The highest BCUT2D eigenvalue weighted by Gasteiger charge is 2.34. The molecule has 0 spiro atoms. The summed E-state index contributed by atoms with van der Waals surface area (Å²) in [7, 11) is 0. The zero-order chi connectivity index (χ0) is 18.4. The van der Waals surface area contributed by atoms with Gasteiger partial charge in [0.25, 0.3) is 0 Å². The molecule has 0 bridgehead atoms. The molecule has 1 fully saturated rings. The maximum absolute atomic E-state index is 13.1. The number of rotatable bonds is 7. The molecule has 1 aromatic rings. The summed E-state index contributed by atoms with van der Waals surface area (Å²) in [5, 5.41) is 8.83. The number of benzene rings is 1. The fourth-order valence-corrected chi connectivity index (χ4v) is 2.81. The molecule has 1 aliphatic rings. The van der Waals surface area contributed by atoms with E-state index in [-0.39, 0.29) is 31.2 Å². The van der Waals surface area contributed by atoms with Crippen molar-refractivity contribution >= 4 is 11.9 Å². The van der Waals surface area contributed by atoms with E-state index in [2.05, 4.69) is 0 Å². The first-order chi connectivity index (χ1) is 11.8. The van der Waals surface area contributed by atoms with Gasteiger partial charge in [-0.15, -0.1) is 0 Å². The number of hydrogen-bond acceptors (Lipinski definition) is 3. The van der Waals surface area contributed by atoms with Crippen LogP contribution in [0.5, 0.6) is 0 Å². The Morgan fingerprint density at radius 1 is 1.28 bits per heavy atom. The van der Waals surface area contributed by atoms with Crippen LogP contribution in [0.25, 0.3) is 0 Å². The van der Waals surface area contributed by atoms with Crippen molar-refractivity contribution in [3.8, 4) is 0 Å². The maximum Gasteiger partial charge on any atom is 0.416 e. The van der Waals surface area contributed by atoms with Gasteiger partial charge in [-0.05, 0) is 24.5 Å². The zero-order valence-electron chi connectivity index (χ0n) is 13.6. The van der Waals surface area contributed by atoms with E-state index in [1.165, 1.54) is 23.1 Å². The minimum atomic E-state index is -4.54. The van der Waals surface area contributed by atoms with Crippen LogP contribution in [0.15, 0.2) is 24.3 Å². The second kappa shape index (κ2) is 8.33. The summed E-state index contributed by atoms with van der Waals surface area (Å²) in [5.74, 6) is -1.60. The lowest BCUT2D eigenvalue weighted by atomic mass is 10.0. The molecule has 138 valence electrons. The lowest BCUT2D eigenvalue weighted by Crippen LogP contribution is -2.39. The third-order valence-corrected chi connectivity index (χ3v) is 4.06. The number of carbonyl (C=O) groups excluding carboxylic acids is 1. The van der Waals surface area contributed by atoms with Crippen LogP contribution >= 0.6 is 0 Å². The van der Waals surface area contributed by atoms with Crippen LogP contribution in [-0.4, -0.2) is 47.7 Å². The topological polar surface area (TPSA) is 66.8 Å². The van der Waals surface area contributed by atoms with Crippen molar-refractivity contribution in [3.05, 3.63) is 35.4 Å². The van der Waals surface area contributed by atoms with Gasteiger partial charge >= 0.3 is 12.1 Å². The highest BCUT2D eigenvalue weighted by atomic mass is 19.4. The zero-order valence-corrected chi connectivity index (χ0v) is 13.6. The first-order valence-corrected chi connectivity index (χ1v) is 8.03. The molecule has 5 nitrogen and oxygen atoms in total. The summed E-state index contributed by atoms with van der Waals surface area (Å²) in [5.41, 5.74) is -0.966. The van der Waals surface area contributed by atoms with E-state index in [0.29, 0.717) is 6.61 Å². The normalized spacial score (nSPS) is 17.5. The van der Waals surface area contributed by atoms with Crippen molar-refractivity contribution in [1.82, 2.24) is 4.90 Å². The second-order valence-corrected chi connectivity index (χ2v) is 5.95. The second-order valence-electron chi connectivity index (χ2n) is 5.95. The van der Waals surface area contributed by atoms with Crippen LogP contribution in [-0.2, 0) is 26.9 Å². The average molecular weight is 359 g/mol. The van der Waals surface area contributed by atoms with Gasteiger partial charge in [0.05, 0.1) is 24.5 Å². The van der Waals surface area contributed by atoms with E-state index in [0.717, 1.165) is 18.9 Å². The standard InChI is InChI=1S/C17H20F3NO4/c18-17(19,20)14-6-2-1-4-12(14)10-15(22)21(8-7-16(23)24)11-13-5-3-9-25-13/h1-2,4,6,13H,3,5,7-11H2,(H,23,24)/t13-/m0/s1. The SMILES string of the molecule is O=C(O)CCN(C[C@@H]1CCCO1)C(=O)Cc1ccccc1C(F)(F)F. The molecule has 0 aromatic heterocycles. The van der Waals surface area contributed by atoms with Crippen molar-refractivity contribution in [1.29, 1.82) is 0 Å². The molecule has 1 N–H and O–H groups in total. The number of hydrogen-bond donors (Lipinski definition) is 1. The Morgan fingerprint density at radius 3 is 2.60 bits per heavy atom. The Hall–Kier alpha value is -2.09. The van der Waals surface area contributed by atoms with E-state index in [9.17, 15) is 22.8 Å². The van der Waals surface area contributed by atoms with Crippen LogP contribution in [0.3, 0.4) is 0 Å². The number of aliphatic carboxylic acids is 1. The lowest BCUT2D eigenvalue weighted by molar-refractivity contribution is -0.139. The Morgan fingerprint density at radius 2 is 2.00 bits per heavy atom. The largest absolute Gasteiger partial charge is 0.481 e. The molecule has 8 heteroatoms. The molecule has 0 unspecified atom stereocenters. The van der Waals surface area contributed by atoms with Gasteiger partial charge < -0.3 is 14.7 Å². The molecule has 1 aliphatic heterocycles. The highest BCUT2D eigenvalue weighted by Crippen LogP contribution is 2.32. The smallest absolute Gasteiger partial charge is 0.416 e. The summed E-state index contributed by atoms with van der Waals surface area (Å²) in [6.45, 7) is 0.713. The van der Waals surface area contributed by atoms with Crippen LogP contribution in [0.4, 0.5) is 13.2 Å². The minimum Gasteiger partial charge on any atom is -0.481 e. The van der Waals surface area contributed by atoms with E-state index < -0.39 is 30.0 Å². The number of nitrogens with zero attached hydrogens (tertiary/aromatic N) is 1. The van der Waals surface area contributed by atoms with Gasteiger partial charge in [-0.1, -0.05) is 18.2 Å². The van der Waals surface area contributed by atoms with E-state index >= 15 is 0 Å². The Balaban J connectivity index is 2.11. The first-order valence-electron chi connectivity index (χ1n) is 8.03. The molecule has 0 aliphatic carbocycles. The molecule has 2 rings (SSSR count). The first kappa shape index (κ1) is 19.2. The third-order valence-electron chi connectivity index (χ3n) is 4.06. The summed E-state index contributed by atoms with van der Waals surface area (Å²) in [4.78, 5) is 24.6. The Bertz CT molecular complexity index is 612. The Kier molecular flexibility index (Phi) is 6.41. The van der Waals surface area contributed by atoms with E-state index in [1.807, 2.05) is 0 Å². The van der Waals surface area contributed by atoms with E-state index in [4.69, 9.17) is 9.84 Å². The fourth-order valence-electron chi connectivity index (χ4n) is 2.81. The van der Waals surface area contributed by atoms with Crippen molar-refractivity contribution < 1.29 is 32.6 Å². The number of halogens is 3. The van der Waals surface area contributed by atoms with Crippen LogP contribution in [0, 0.1) is 0 Å². The molecule has 0 saturated carbocycles. The minimum absolute atomic E-state index is 0.0534. The van der Waals surface area contributed by atoms with Gasteiger partial charge in [0.2, 0.25) is 5.91 Å². The number of carboxylic acids is 1. The van der Waals surface area contributed by atoms with Crippen molar-refractivity contribution in [2.45, 2.75) is 38.0 Å². The molecule has 1 atom stereocenters. The Labute approximate surface area is 143 Å². The predicted octanol–water partition coefficient (Wildman–Crippen LogP) is 2.73. The number of alkyl halides is 3. The monoisotopic (exact) mass is 359 g/mol. The van der Waals surface area contributed by atoms with Gasteiger partial charge in [-0.25, -0.2) is 0 Å². The van der Waals surface area contributed by atoms with Crippen LogP contribution in [0.1, 0.15) is 30.4 Å². The van der Waals surface area contributed by atoms with Gasteiger partial charge in [0, 0.05) is 19.7 Å². The fraction of sp³-hybridized carbons (Fsp3) is 0.529. The van der Waals surface area contributed by atoms with Gasteiger partial charge in [0.15, 0.2) is 0 Å². The molecule has 0 radical (unpaired) electrons. The summed E-state index contributed by atoms with van der Waals surface area (Å²) in [6, 6.07) is 4.91. The summed E-state index contributed by atoms with van der Waals surface area (Å²) < 4.78 is 44.6. The molecular weight excluding hydrogens is 339 g/mol. The highest BCUT2D eigenvalue weighted by molar-refractivity contribution is 5.80. The van der Waals surface area contributed by atoms with Gasteiger partial charge in [-0.2, -0.15) is 13.2 Å². The van der Waals surface area contributed by atoms with E-state index in [1.54, 1.807) is 0 Å². The number of carboxylic acid groups (broad SMARTS) is 1. The predicted molar refractivity (Wildman–Crippen MR) is 83.0 cm³/mol. The molecule has 25 heavy (non-hydrogen) atoms. The quantitative estimate of drug-likeness (QED) is 0.813. The number of amides is 1. The molecule has 1 amide bonds. The third kappa shape index (κ3) is 5.74. The molecular formula is C17H20F3NO4. The van der Waals surface area contributed by atoms with Gasteiger partial charge in [0.1, 0.15) is 0 Å². The molecule has 1 saturated heterocycles. The summed E-state index contributed by atoms with van der Waals surface area (Å²) in [6.07, 6.45) is -3.84. The molecule has 1 aromatic carbocycles. The summed E-state index contributed by atoms with van der Waals surface area (Å²) >= 11 is 0. The lowest BCUT2D eigenvalue weighted by Gasteiger charge is -2.25. The maximum atomic E-state index is 13.1. The number of ether oxygens (including phenoxy) is 1. The molecule has 1 heterocycles. The van der Waals surface area contributed by atoms with Crippen molar-refractivity contribution in [2.24, 2.45) is 0 Å². The van der Waals surface area contributed by atoms with Crippen LogP contribution in [0.2, 0.25) is 0 Å². The van der Waals surface area contributed by atoms with Gasteiger partial charge in [-0.3, -0.25) is 9.59 Å². The van der Waals surface area contributed by atoms with Crippen molar-refractivity contribution in [2.75, 3.05) is 19.7 Å².